The highest BCUT2D eigenvalue weighted by Gasteiger charge is 2.67. The molecule has 1 spiro atoms. The van der Waals surface area contributed by atoms with Gasteiger partial charge < -0.3 is 29.2 Å². The number of benzene rings is 1. The van der Waals surface area contributed by atoms with Gasteiger partial charge >= 0.3 is 11.4 Å². The van der Waals surface area contributed by atoms with Crippen LogP contribution in [0.5, 0.6) is 0 Å². The first-order valence-electron chi connectivity index (χ1n) is 21.4. The number of hydrogen-bond donors (Lipinski definition) is 2. The molecule has 0 aliphatic carbocycles. The highest BCUT2D eigenvalue weighted by atomic mass is 32.2. The van der Waals surface area contributed by atoms with Crippen molar-refractivity contribution in [1.29, 1.82) is 0 Å². The van der Waals surface area contributed by atoms with Gasteiger partial charge in [-0.1, -0.05) is 70.9 Å². The average Bonchev–Trinajstić information content (AvgIpc) is 3.83. The molecule has 0 bridgehead atoms. The SMILES string of the molecule is Cc1cn(C2CC(N=[N+]=[N-])C(CO)O2)c(=O)n(Cc2ccc(Cn3c(=O)c(C)cn(C4OC(CO[Si](C)(C)C(C)(C)C)C5(OS(=O)(=O)C=C5N)C4O[Si](C)(C)C(C)(C)C)c3=O)cc2)c1=O. The summed E-state index contributed by atoms with van der Waals surface area (Å²) in [5.41, 5.74) is 12.5. The Balaban J connectivity index is 1.36. The molecule has 23 heteroatoms. The van der Waals surface area contributed by atoms with E-state index < -0.39 is 103 Å². The van der Waals surface area contributed by atoms with E-state index in [0.717, 1.165) is 14.5 Å². The molecule has 0 saturated carbocycles. The van der Waals surface area contributed by atoms with Gasteiger partial charge in [0.15, 0.2) is 28.5 Å². The normalized spacial score (nSPS) is 25.8. The molecule has 7 atom stereocenters. The van der Waals surface area contributed by atoms with Crippen molar-refractivity contribution in [2.45, 2.75) is 154 Å². The molecule has 3 N–H and O–H groups in total. The van der Waals surface area contributed by atoms with E-state index in [1.54, 1.807) is 38.1 Å². The van der Waals surface area contributed by atoms with Gasteiger partial charge in [-0.3, -0.25) is 27.9 Å². The van der Waals surface area contributed by atoms with Crippen LogP contribution in [0.15, 0.2) is 72.1 Å². The lowest BCUT2D eigenvalue weighted by Crippen LogP contribution is -2.59. The number of nitrogens with two attached hydrogens (primary N) is 1. The molecular formula is C42H62N8O12SSi2. The zero-order chi connectivity index (χ0) is 48.4. The van der Waals surface area contributed by atoms with Crippen LogP contribution in [0.4, 0.5) is 0 Å². The maximum Gasteiger partial charge on any atom is 0.333 e. The summed E-state index contributed by atoms with van der Waals surface area (Å²) in [5, 5.41) is 13.7. The Labute approximate surface area is 379 Å². The molecule has 6 rings (SSSR count). The highest BCUT2D eigenvalue weighted by Crippen LogP contribution is 2.52. The number of ether oxygens (including phenoxy) is 2. The van der Waals surface area contributed by atoms with Crippen LogP contribution in [0, 0.1) is 13.8 Å². The van der Waals surface area contributed by atoms with Crippen molar-refractivity contribution < 1.29 is 36.0 Å². The van der Waals surface area contributed by atoms with Crippen molar-refractivity contribution in [1.82, 2.24) is 18.3 Å². The first kappa shape index (κ1) is 50.0. The van der Waals surface area contributed by atoms with Crippen LogP contribution in [0.3, 0.4) is 0 Å². The first-order chi connectivity index (χ1) is 30.0. The van der Waals surface area contributed by atoms with E-state index >= 15 is 0 Å². The van der Waals surface area contributed by atoms with E-state index in [1.165, 1.54) is 21.5 Å². The van der Waals surface area contributed by atoms with E-state index in [1.807, 2.05) is 47.0 Å². The summed E-state index contributed by atoms with van der Waals surface area (Å²) in [4.78, 5) is 58.3. The Morgan fingerprint density at radius 1 is 0.877 bits per heavy atom. The number of aliphatic hydroxyl groups is 1. The Morgan fingerprint density at radius 3 is 1.85 bits per heavy atom. The van der Waals surface area contributed by atoms with Gasteiger partial charge in [0.05, 0.1) is 49.6 Å². The molecule has 20 nitrogen and oxygen atoms in total. The summed E-state index contributed by atoms with van der Waals surface area (Å²) < 4.78 is 63.3. The third-order valence-corrected chi connectivity index (χ3v) is 23.7. The standard InChI is InChI=1S/C42H62N8O12SSi2/c1-25-18-47(33-17-29(45-46-44)30(22-51)59-33)38(54)48(35(25)52)20-27-13-15-28(16-14-27)21-49-36(53)26(2)19-50(39(49)55)37-34(61-65(11,12)41(6,7)8)42(31(43)24-63(56,57)62-42)32(60-37)23-58-64(9,10)40(3,4)5/h13-16,18-19,24,29-30,32-34,37,51H,17,20-23,43H2,1-12H3. The Morgan fingerprint density at radius 2 is 1.38 bits per heavy atom. The Hall–Kier alpha value is -4.43. The molecule has 2 saturated heterocycles. The quantitative estimate of drug-likeness (QED) is 0.0801. The molecule has 0 amide bonds. The number of hydrogen-bond acceptors (Lipinski definition) is 14. The van der Waals surface area contributed by atoms with Gasteiger partial charge in [-0.2, -0.15) is 8.42 Å². The topological polar surface area (TPSA) is 263 Å². The van der Waals surface area contributed by atoms with Crippen molar-refractivity contribution >= 4 is 26.8 Å². The molecule has 3 aliphatic rings. The maximum absolute atomic E-state index is 14.7. The van der Waals surface area contributed by atoms with Crippen molar-refractivity contribution in [3.63, 3.8) is 0 Å². The summed E-state index contributed by atoms with van der Waals surface area (Å²) in [5.74, 6) is 0. The Bertz CT molecular complexity index is 2760. The molecule has 3 aliphatic heterocycles. The molecule has 5 heterocycles. The second-order valence-electron chi connectivity index (χ2n) is 20.3. The predicted octanol–water partition coefficient (Wildman–Crippen LogP) is 4.21. The lowest BCUT2D eigenvalue weighted by atomic mass is 9.89. The number of rotatable bonds is 13. The van der Waals surface area contributed by atoms with Crippen molar-refractivity contribution in [3.05, 3.63) is 122 Å². The third-order valence-electron chi connectivity index (χ3n) is 13.7. The van der Waals surface area contributed by atoms with Gasteiger partial charge in [0.25, 0.3) is 21.2 Å². The summed E-state index contributed by atoms with van der Waals surface area (Å²) in [7, 11) is -9.65. The second-order valence-corrected chi connectivity index (χ2v) is 31.2. The molecule has 356 valence electrons. The van der Waals surface area contributed by atoms with Crippen LogP contribution in [0.2, 0.25) is 36.3 Å². The highest BCUT2D eigenvalue weighted by molar-refractivity contribution is 7.90. The fraction of sp³-hybridized carbons (Fsp3) is 0.619. The Kier molecular flexibility index (Phi) is 13.6. The van der Waals surface area contributed by atoms with Crippen molar-refractivity contribution in [2.24, 2.45) is 10.8 Å². The lowest BCUT2D eigenvalue weighted by Gasteiger charge is -2.43. The summed E-state index contributed by atoms with van der Waals surface area (Å²) in [6, 6.07) is 5.98. The average molecular weight is 959 g/mol. The minimum Gasteiger partial charge on any atom is -0.414 e. The fourth-order valence-electron chi connectivity index (χ4n) is 7.75. The zero-order valence-corrected chi connectivity index (χ0v) is 41.9. The van der Waals surface area contributed by atoms with Crippen molar-refractivity contribution in [3.8, 4) is 0 Å². The van der Waals surface area contributed by atoms with Crippen LogP contribution < -0.4 is 28.2 Å². The monoisotopic (exact) mass is 958 g/mol. The van der Waals surface area contributed by atoms with Crippen LogP contribution >= 0.6 is 0 Å². The maximum atomic E-state index is 14.7. The molecule has 2 fully saturated rings. The van der Waals surface area contributed by atoms with E-state index in [9.17, 15) is 32.7 Å². The molecule has 2 aromatic heterocycles. The third kappa shape index (κ3) is 9.45. The van der Waals surface area contributed by atoms with E-state index in [-0.39, 0.29) is 48.0 Å². The summed E-state index contributed by atoms with van der Waals surface area (Å²) in [6.07, 6.45) is -2.61. The molecule has 1 aromatic carbocycles. The molecule has 7 unspecified atom stereocenters. The number of aryl methyl sites for hydroxylation is 2. The van der Waals surface area contributed by atoms with Gasteiger partial charge in [0, 0.05) is 34.9 Å². The molecular weight excluding hydrogens is 897 g/mol. The minimum atomic E-state index is -4.33. The van der Waals surface area contributed by atoms with Crippen LogP contribution in [0.1, 0.15) is 82.7 Å². The fourth-order valence-corrected chi connectivity index (χ4v) is 11.3. The number of azide groups is 1. The zero-order valence-electron chi connectivity index (χ0n) is 39.1. The number of aromatic nitrogens is 4. The lowest BCUT2D eigenvalue weighted by molar-refractivity contribution is -0.0567. The van der Waals surface area contributed by atoms with Gasteiger partial charge in [-0.05, 0) is 66.8 Å². The predicted molar refractivity (Wildman–Crippen MR) is 247 cm³/mol. The molecule has 65 heavy (non-hydrogen) atoms. The van der Waals surface area contributed by atoms with E-state index in [2.05, 4.69) is 30.8 Å². The van der Waals surface area contributed by atoms with Gasteiger partial charge in [-0.15, -0.1) is 0 Å². The second kappa shape index (κ2) is 17.7. The molecule has 3 aromatic rings. The van der Waals surface area contributed by atoms with E-state index in [4.69, 9.17) is 33.8 Å². The van der Waals surface area contributed by atoms with Crippen LogP contribution in [-0.2, 0) is 45.7 Å². The van der Waals surface area contributed by atoms with Crippen LogP contribution in [0.25, 0.3) is 10.4 Å². The summed E-state index contributed by atoms with van der Waals surface area (Å²) >= 11 is 0. The first-order valence-corrected chi connectivity index (χ1v) is 28.7. The van der Waals surface area contributed by atoms with Crippen LogP contribution in [-0.4, -0.2) is 91.6 Å². The largest absolute Gasteiger partial charge is 0.414 e. The van der Waals surface area contributed by atoms with Crippen molar-refractivity contribution in [2.75, 3.05) is 13.2 Å². The minimum absolute atomic E-state index is 0.118. The molecule has 0 radical (unpaired) electrons. The smallest absolute Gasteiger partial charge is 0.333 e. The summed E-state index contributed by atoms with van der Waals surface area (Å²) in [6.45, 7) is 22.5. The van der Waals surface area contributed by atoms with E-state index in [0.29, 0.717) is 11.1 Å². The van der Waals surface area contributed by atoms with Gasteiger partial charge in [0.2, 0.25) is 0 Å². The number of nitrogens with zero attached hydrogens (tertiary/aromatic N) is 7. The van der Waals surface area contributed by atoms with Gasteiger partial charge in [-0.25, -0.2) is 13.8 Å². The van der Waals surface area contributed by atoms with Gasteiger partial charge in [0.1, 0.15) is 18.4 Å². The number of aliphatic hydroxyl groups excluding tert-OH is 1.